The minimum absolute atomic E-state index is 0. The lowest BCUT2D eigenvalue weighted by molar-refractivity contribution is -0.385. The highest BCUT2D eigenvalue weighted by Gasteiger charge is 2.16. The van der Waals surface area contributed by atoms with E-state index < -0.39 is 24.6 Å². The first-order valence-corrected chi connectivity index (χ1v) is 13.4. The fourth-order valence-corrected chi connectivity index (χ4v) is 3.68. The van der Waals surface area contributed by atoms with Crippen molar-refractivity contribution in [1.29, 1.82) is 0 Å². The van der Waals surface area contributed by atoms with Gasteiger partial charge in [0.05, 0.1) is 16.4 Å². The summed E-state index contributed by atoms with van der Waals surface area (Å²) in [7, 11) is -6.22. The van der Waals surface area contributed by atoms with Crippen molar-refractivity contribution in [3.8, 4) is 0 Å². The van der Waals surface area contributed by atoms with Crippen molar-refractivity contribution in [2.45, 2.75) is 39.2 Å². The average Bonchev–Trinajstić information content (AvgIpc) is 2.65. The highest BCUT2D eigenvalue weighted by atomic mass is 32.2. The number of rotatable bonds is 5. The van der Waals surface area contributed by atoms with E-state index in [-0.39, 0.29) is 24.2 Å². The van der Waals surface area contributed by atoms with Gasteiger partial charge in [-0.15, -0.1) is 0 Å². The van der Waals surface area contributed by atoms with Crippen molar-refractivity contribution in [2.24, 2.45) is 0 Å². The lowest BCUT2D eigenvalue weighted by Gasteiger charge is -2.02. The number of nitro groups is 1. The number of nitrogen functional groups attached to an aromatic ring is 1. The molecule has 2 aromatic rings. The molecule has 0 radical (unpaired) electrons. The number of anilines is 1. The maximum Gasteiger partial charge on any atom is 0.273 e. The summed E-state index contributed by atoms with van der Waals surface area (Å²) < 4.78 is 43.7. The third kappa shape index (κ3) is 13.7. The Balaban J connectivity index is -0.000000427. The maximum absolute atomic E-state index is 11.0. The quantitative estimate of drug-likeness (QED) is 0.398. The molecule has 0 unspecified atom stereocenters. The zero-order chi connectivity index (χ0) is 24.0. The van der Waals surface area contributed by atoms with Crippen LogP contribution in [0.4, 0.5) is 11.4 Å². The zero-order valence-corrected chi connectivity index (χ0v) is 20.0. The first-order valence-electron chi connectivity index (χ1n) is 9.30. The van der Waals surface area contributed by atoms with Gasteiger partial charge in [0.2, 0.25) is 0 Å². The molecule has 0 amide bonds. The summed E-state index contributed by atoms with van der Waals surface area (Å²) in [6.07, 6.45) is 2.24. The second-order valence-electron chi connectivity index (χ2n) is 5.72. The maximum atomic E-state index is 11.0. The number of nitrogens with zero attached hydrogens (tertiary/aromatic N) is 1. The van der Waals surface area contributed by atoms with E-state index >= 15 is 0 Å². The van der Waals surface area contributed by atoms with Gasteiger partial charge in [0.25, 0.3) is 5.69 Å². The Morgan fingerprint density at radius 3 is 1.57 bits per heavy atom. The number of hydrogen-bond donors (Lipinski definition) is 1. The summed E-state index contributed by atoms with van der Waals surface area (Å²) in [5, 5.41) is 10.5. The predicted octanol–water partition coefficient (Wildman–Crippen LogP) is 4.25. The molecule has 0 atom stereocenters. The molecular weight excluding hydrogens is 428 g/mol. The highest BCUT2D eigenvalue weighted by Crippen LogP contribution is 2.19. The Labute approximate surface area is 181 Å². The molecule has 172 valence electrons. The number of hydrogen-bond acceptors (Lipinski definition) is 7. The van der Waals surface area contributed by atoms with Crippen molar-refractivity contribution in [3.63, 3.8) is 0 Å². The normalized spacial score (nSPS) is 10.2. The van der Waals surface area contributed by atoms with Crippen molar-refractivity contribution in [2.75, 3.05) is 18.2 Å². The summed E-state index contributed by atoms with van der Waals surface area (Å²) >= 11 is 0. The van der Waals surface area contributed by atoms with Gasteiger partial charge >= 0.3 is 0 Å². The molecule has 0 saturated heterocycles. The van der Waals surface area contributed by atoms with E-state index in [9.17, 15) is 26.9 Å². The summed E-state index contributed by atoms with van der Waals surface area (Å²) in [5.74, 6) is -0.288. The third-order valence-corrected chi connectivity index (χ3v) is 4.75. The van der Waals surface area contributed by atoms with Crippen LogP contribution in [0.15, 0.2) is 48.5 Å². The van der Waals surface area contributed by atoms with E-state index in [1.807, 2.05) is 27.7 Å². The molecule has 10 heteroatoms. The molecule has 0 aromatic heterocycles. The lowest BCUT2D eigenvalue weighted by Crippen LogP contribution is -2.03. The minimum Gasteiger partial charge on any atom is -0.398 e. The van der Waals surface area contributed by atoms with E-state index in [2.05, 4.69) is 0 Å². The molecule has 0 aliphatic rings. The number of nitrogens with two attached hydrogens (primary N) is 1. The molecule has 0 fully saturated rings. The fourth-order valence-electron chi connectivity index (χ4n) is 2.04. The molecule has 8 nitrogen and oxygen atoms in total. The number of benzene rings is 2. The number of sulfone groups is 2. The molecule has 2 N–H and O–H groups in total. The third-order valence-electron chi connectivity index (χ3n) is 3.08. The van der Waals surface area contributed by atoms with Crippen LogP contribution in [-0.2, 0) is 31.2 Å². The Morgan fingerprint density at radius 1 is 0.800 bits per heavy atom. The van der Waals surface area contributed by atoms with Crippen molar-refractivity contribution in [1.82, 2.24) is 0 Å². The Kier molecular flexibility index (Phi) is 14.4. The summed E-state index contributed by atoms with van der Waals surface area (Å²) in [6.45, 7) is 8.00. The fraction of sp³-hybridized carbons (Fsp3) is 0.400. The van der Waals surface area contributed by atoms with E-state index in [0.29, 0.717) is 11.3 Å². The van der Waals surface area contributed by atoms with Gasteiger partial charge in [-0.25, -0.2) is 16.8 Å². The second kappa shape index (κ2) is 14.5. The molecule has 2 aromatic carbocycles. The summed E-state index contributed by atoms with van der Waals surface area (Å²) in [5.41, 5.74) is 6.83. The second-order valence-corrected chi connectivity index (χ2v) is 10.0. The molecular formula is C20H34N2O6S2. The van der Waals surface area contributed by atoms with Crippen molar-refractivity contribution >= 4 is 31.0 Å². The van der Waals surface area contributed by atoms with E-state index in [1.54, 1.807) is 30.3 Å². The van der Waals surface area contributed by atoms with Gasteiger partial charge in [-0.05, 0) is 11.6 Å². The lowest BCUT2D eigenvalue weighted by atomic mass is 10.2. The number of para-hydroxylation sites is 2. The summed E-state index contributed by atoms with van der Waals surface area (Å²) in [4.78, 5) is 9.94. The average molecular weight is 463 g/mol. The molecule has 0 saturated carbocycles. The van der Waals surface area contributed by atoms with Crippen LogP contribution in [0, 0.1) is 10.1 Å². The molecule has 0 aliphatic heterocycles. The topological polar surface area (TPSA) is 137 Å². The Morgan fingerprint density at radius 2 is 1.17 bits per heavy atom. The van der Waals surface area contributed by atoms with Crippen LogP contribution in [0.5, 0.6) is 0 Å². The summed E-state index contributed by atoms with van der Waals surface area (Å²) in [6, 6.07) is 12.8. The largest absolute Gasteiger partial charge is 0.398 e. The van der Waals surface area contributed by atoms with E-state index in [0.717, 1.165) is 6.26 Å². The van der Waals surface area contributed by atoms with Gasteiger partial charge in [-0.2, -0.15) is 0 Å². The first-order chi connectivity index (χ1) is 13.9. The van der Waals surface area contributed by atoms with Gasteiger partial charge in [-0.3, -0.25) is 10.1 Å². The van der Waals surface area contributed by atoms with Crippen LogP contribution in [0.25, 0.3) is 0 Å². The van der Waals surface area contributed by atoms with E-state index in [1.165, 1.54) is 24.5 Å². The van der Waals surface area contributed by atoms with Crippen molar-refractivity contribution < 1.29 is 23.2 Å². The standard InChI is InChI=1S/C8H9NO4S.C8H11NO2S.2C2H6.H2/c1-14(12,13)6-7-4-2-3-5-8(7)9(10)11;1-12(10,11)6-7-4-2-3-5-8(7)9;2*1-2;/h2-5H,6H2,1H3;2-5H,6,9H2,1H3;2*1-2H3;1H. The molecule has 0 bridgehead atoms. The Hall–Kier alpha value is -2.46. The van der Waals surface area contributed by atoms with Gasteiger partial charge < -0.3 is 5.73 Å². The molecule has 30 heavy (non-hydrogen) atoms. The SMILES string of the molecule is CC.CC.CS(=O)(=O)Cc1ccccc1N.CS(=O)(=O)Cc1ccccc1[N+](=O)[O-].[HH]. The Bertz CT molecular complexity index is 994. The van der Waals surface area contributed by atoms with Gasteiger partial charge in [0, 0.05) is 31.3 Å². The van der Waals surface area contributed by atoms with Crippen LogP contribution in [0.3, 0.4) is 0 Å². The van der Waals surface area contributed by atoms with Crippen LogP contribution >= 0.6 is 0 Å². The molecule has 0 heterocycles. The first kappa shape index (κ1) is 29.7. The van der Waals surface area contributed by atoms with Gasteiger partial charge in [0.1, 0.15) is 0 Å². The monoisotopic (exact) mass is 462 g/mol. The zero-order valence-electron chi connectivity index (χ0n) is 18.3. The highest BCUT2D eigenvalue weighted by molar-refractivity contribution is 7.90. The number of nitro benzene ring substituents is 1. The minimum atomic E-state index is -3.24. The van der Waals surface area contributed by atoms with Crippen molar-refractivity contribution in [3.05, 3.63) is 69.8 Å². The van der Waals surface area contributed by atoms with Crippen LogP contribution in [0.1, 0.15) is 40.2 Å². The molecule has 0 spiro atoms. The molecule has 2 rings (SSSR count). The van der Waals surface area contributed by atoms with Crippen LogP contribution < -0.4 is 5.73 Å². The smallest absolute Gasteiger partial charge is 0.273 e. The van der Waals surface area contributed by atoms with Crippen LogP contribution in [-0.4, -0.2) is 34.3 Å². The van der Waals surface area contributed by atoms with E-state index in [4.69, 9.17) is 5.73 Å². The molecule has 0 aliphatic carbocycles. The van der Waals surface area contributed by atoms with Crippen LogP contribution in [0.2, 0.25) is 0 Å². The van der Waals surface area contributed by atoms with Gasteiger partial charge in [-0.1, -0.05) is 64.1 Å². The predicted molar refractivity (Wildman–Crippen MR) is 126 cm³/mol. The van der Waals surface area contributed by atoms with Gasteiger partial charge in [0.15, 0.2) is 19.7 Å².